The molecule has 2 N–H and O–H groups in total. The standard InChI is InChI=1S/C31H46N2O2/c1-26(28-20-14-12-15-21-28)32-30(34)24-18-10-8-6-4-3-5-7-9-11-19-25-31(35)33-27(2)29-22-16-13-17-23-29/h12-17,20-23,26-27H,3-11,18-19,24-25H2,1-2H3,(H,32,34)(H,33,35)/t26-,27-/m0/s1. The molecule has 4 nitrogen and oxygen atoms in total. The Kier molecular flexibility index (Phi) is 14.5. The van der Waals surface area contributed by atoms with Crippen molar-refractivity contribution in [2.75, 3.05) is 0 Å². The van der Waals surface area contributed by atoms with E-state index >= 15 is 0 Å². The first-order valence-corrected chi connectivity index (χ1v) is 13.7. The zero-order chi connectivity index (χ0) is 25.1. The fraction of sp³-hybridized carbons (Fsp3) is 0.548. The highest BCUT2D eigenvalue weighted by Crippen LogP contribution is 2.15. The Hall–Kier alpha value is -2.62. The molecule has 0 aliphatic heterocycles. The van der Waals surface area contributed by atoms with Crippen LogP contribution in [-0.4, -0.2) is 11.8 Å². The van der Waals surface area contributed by atoms with E-state index in [4.69, 9.17) is 0 Å². The van der Waals surface area contributed by atoms with E-state index in [1.54, 1.807) is 0 Å². The Bertz CT molecular complexity index is 753. The molecular formula is C31H46N2O2. The third-order valence-corrected chi connectivity index (χ3v) is 6.66. The van der Waals surface area contributed by atoms with E-state index in [0.717, 1.165) is 36.8 Å². The number of hydrogen-bond donors (Lipinski definition) is 2. The quantitative estimate of drug-likeness (QED) is 0.215. The molecule has 0 saturated carbocycles. The van der Waals surface area contributed by atoms with E-state index in [0.29, 0.717) is 12.8 Å². The van der Waals surface area contributed by atoms with Gasteiger partial charge in [-0.1, -0.05) is 118 Å². The molecule has 0 spiro atoms. The van der Waals surface area contributed by atoms with E-state index in [-0.39, 0.29) is 23.9 Å². The molecule has 0 radical (unpaired) electrons. The molecule has 0 bridgehead atoms. The van der Waals surface area contributed by atoms with Gasteiger partial charge in [0, 0.05) is 12.8 Å². The maximum absolute atomic E-state index is 12.1. The molecular weight excluding hydrogens is 432 g/mol. The Balaban J connectivity index is 1.34. The molecule has 2 rings (SSSR count). The SMILES string of the molecule is C[C@H](NC(=O)CCCCCCCCCCCCCC(=O)N[C@@H](C)c1ccccc1)c1ccccc1. The van der Waals surface area contributed by atoms with Crippen molar-refractivity contribution in [1.29, 1.82) is 0 Å². The van der Waals surface area contributed by atoms with Gasteiger partial charge < -0.3 is 10.6 Å². The minimum Gasteiger partial charge on any atom is -0.350 e. The minimum atomic E-state index is 0.0733. The van der Waals surface area contributed by atoms with Gasteiger partial charge in [-0.2, -0.15) is 0 Å². The number of carbonyl (C=O) groups is 2. The molecule has 2 aromatic carbocycles. The average molecular weight is 479 g/mol. The maximum Gasteiger partial charge on any atom is 0.220 e. The minimum absolute atomic E-state index is 0.0733. The van der Waals surface area contributed by atoms with Gasteiger partial charge >= 0.3 is 0 Å². The van der Waals surface area contributed by atoms with Crippen molar-refractivity contribution in [3.8, 4) is 0 Å². The van der Waals surface area contributed by atoms with Crippen molar-refractivity contribution in [3.05, 3.63) is 71.8 Å². The number of nitrogens with one attached hydrogen (secondary N) is 2. The summed E-state index contributed by atoms with van der Waals surface area (Å²) in [7, 11) is 0. The summed E-state index contributed by atoms with van der Waals surface area (Å²) in [5.41, 5.74) is 2.31. The Labute approximate surface area is 213 Å². The summed E-state index contributed by atoms with van der Waals surface area (Å²) >= 11 is 0. The third-order valence-electron chi connectivity index (χ3n) is 6.66. The van der Waals surface area contributed by atoms with Crippen molar-refractivity contribution in [1.82, 2.24) is 10.6 Å². The lowest BCUT2D eigenvalue weighted by molar-refractivity contribution is -0.122. The number of rotatable bonds is 18. The van der Waals surface area contributed by atoms with Crippen LogP contribution in [0.3, 0.4) is 0 Å². The van der Waals surface area contributed by atoms with Crippen molar-refractivity contribution in [2.24, 2.45) is 0 Å². The summed E-state index contributed by atoms with van der Waals surface area (Å²) in [4.78, 5) is 24.2. The van der Waals surface area contributed by atoms with Gasteiger partial charge in [-0.15, -0.1) is 0 Å². The van der Waals surface area contributed by atoms with Crippen LogP contribution in [0.25, 0.3) is 0 Å². The normalized spacial score (nSPS) is 12.6. The number of amides is 2. The predicted octanol–water partition coefficient (Wildman–Crippen LogP) is 7.81. The highest BCUT2D eigenvalue weighted by atomic mass is 16.2. The van der Waals surface area contributed by atoms with E-state index in [2.05, 4.69) is 34.9 Å². The molecule has 2 atom stereocenters. The molecule has 0 fully saturated rings. The van der Waals surface area contributed by atoms with Crippen LogP contribution >= 0.6 is 0 Å². The van der Waals surface area contributed by atoms with Crippen molar-refractivity contribution >= 4 is 11.8 Å². The van der Waals surface area contributed by atoms with Crippen molar-refractivity contribution in [2.45, 2.75) is 109 Å². The second-order valence-corrected chi connectivity index (χ2v) is 9.79. The van der Waals surface area contributed by atoms with Crippen LogP contribution in [0.5, 0.6) is 0 Å². The maximum atomic E-state index is 12.1. The molecule has 0 aromatic heterocycles. The molecule has 0 aliphatic rings. The first-order valence-electron chi connectivity index (χ1n) is 13.7. The molecule has 35 heavy (non-hydrogen) atoms. The molecule has 0 heterocycles. The van der Waals surface area contributed by atoms with Crippen molar-refractivity contribution in [3.63, 3.8) is 0 Å². The number of unbranched alkanes of at least 4 members (excludes halogenated alkanes) is 10. The Morgan fingerprint density at radius 2 is 0.800 bits per heavy atom. The molecule has 0 aliphatic carbocycles. The summed E-state index contributed by atoms with van der Waals surface area (Å²) in [5, 5.41) is 6.19. The zero-order valence-electron chi connectivity index (χ0n) is 21.9. The van der Waals surface area contributed by atoms with E-state index < -0.39 is 0 Å². The second kappa shape index (κ2) is 17.8. The molecule has 2 aromatic rings. The van der Waals surface area contributed by atoms with Crippen LogP contribution in [0.1, 0.15) is 121 Å². The highest BCUT2D eigenvalue weighted by Gasteiger charge is 2.09. The predicted molar refractivity (Wildman–Crippen MR) is 146 cm³/mol. The van der Waals surface area contributed by atoms with Gasteiger partial charge in [-0.05, 0) is 37.8 Å². The number of benzene rings is 2. The average Bonchev–Trinajstić information content (AvgIpc) is 2.87. The van der Waals surface area contributed by atoms with Gasteiger partial charge in [-0.25, -0.2) is 0 Å². The van der Waals surface area contributed by atoms with Crippen LogP contribution < -0.4 is 10.6 Å². The van der Waals surface area contributed by atoms with Crippen LogP contribution in [0.2, 0.25) is 0 Å². The van der Waals surface area contributed by atoms with Gasteiger partial charge in [0.25, 0.3) is 0 Å². The topological polar surface area (TPSA) is 58.2 Å². The summed E-state index contributed by atoms with van der Waals surface area (Å²) < 4.78 is 0. The van der Waals surface area contributed by atoms with Gasteiger partial charge in [0.05, 0.1) is 12.1 Å². The first-order chi connectivity index (χ1) is 17.1. The third kappa shape index (κ3) is 13.2. The van der Waals surface area contributed by atoms with Crippen LogP contribution in [0.15, 0.2) is 60.7 Å². The van der Waals surface area contributed by atoms with Gasteiger partial charge in [0.1, 0.15) is 0 Å². The fourth-order valence-electron chi connectivity index (χ4n) is 4.44. The Morgan fingerprint density at radius 1 is 0.514 bits per heavy atom. The van der Waals surface area contributed by atoms with Crippen molar-refractivity contribution < 1.29 is 9.59 Å². The molecule has 0 saturated heterocycles. The number of carbonyl (C=O) groups excluding carboxylic acids is 2. The molecule has 4 heteroatoms. The number of hydrogen-bond acceptors (Lipinski definition) is 2. The summed E-state index contributed by atoms with van der Waals surface area (Å²) in [5.74, 6) is 0.314. The summed E-state index contributed by atoms with van der Waals surface area (Å²) in [6.07, 6.45) is 14.3. The van der Waals surface area contributed by atoms with Crippen LogP contribution in [0, 0.1) is 0 Å². The first kappa shape index (κ1) is 28.6. The van der Waals surface area contributed by atoms with E-state index in [1.165, 1.54) is 44.9 Å². The molecule has 0 unspecified atom stereocenters. The highest BCUT2D eigenvalue weighted by molar-refractivity contribution is 5.76. The smallest absolute Gasteiger partial charge is 0.220 e. The van der Waals surface area contributed by atoms with Gasteiger partial charge in [0.2, 0.25) is 11.8 Å². The van der Waals surface area contributed by atoms with Gasteiger partial charge in [0.15, 0.2) is 0 Å². The monoisotopic (exact) mass is 478 g/mol. The second-order valence-electron chi connectivity index (χ2n) is 9.79. The van der Waals surface area contributed by atoms with Crippen LogP contribution in [-0.2, 0) is 9.59 Å². The lowest BCUT2D eigenvalue weighted by atomic mass is 10.0. The largest absolute Gasteiger partial charge is 0.350 e. The lowest BCUT2D eigenvalue weighted by Gasteiger charge is -2.14. The molecule has 2 amide bonds. The van der Waals surface area contributed by atoms with Gasteiger partial charge in [-0.3, -0.25) is 9.59 Å². The Morgan fingerprint density at radius 3 is 1.11 bits per heavy atom. The summed E-state index contributed by atoms with van der Waals surface area (Å²) in [6, 6.07) is 20.4. The molecule has 192 valence electrons. The van der Waals surface area contributed by atoms with E-state index in [1.807, 2.05) is 50.2 Å². The lowest BCUT2D eigenvalue weighted by Crippen LogP contribution is -2.26. The van der Waals surface area contributed by atoms with E-state index in [9.17, 15) is 9.59 Å². The fourth-order valence-corrected chi connectivity index (χ4v) is 4.44. The summed E-state index contributed by atoms with van der Waals surface area (Å²) in [6.45, 7) is 4.08. The zero-order valence-corrected chi connectivity index (χ0v) is 21.9. The van der Waals surface area contributed by atoms with Crippen LogP contribution in [0.4, 0.5) is 0 Å².